The molecule has 150 valence electrons. The van der Waals surface area contributed by atoms with E-state index < -0.39 is 11.8 Å². The number of nitrogens with zero attached hydrogens (tertiary/aromatic N) is 2. The van der Waals surface area contributed by atoms with Crippen LogP contribution in [0, 0.1) is 5.82 Å². The summed E-state index contributed by atoms with van der Waals surface area (Å²) in [6.45, 7) is 1.00. The Kier molecular flexibility index (Phi) is 6.95. The quantitative estimate of drug-likeness (QED) is 0.454. The fourth-order valence-corrected chi connectivity index (χ4v) is 3.50. The molecule has 1 heterocycles. The molecule has 0 atom stereocenters. The minimum Gasteiger partial charge on any atom is -0.482 e. The van der Waals surface area contributed by atoms with E-state index in [2.05, 4.69) is 20.9 Å². The van der Waals surface area contributed by atoms with Crippen molar-refractivity contribution in [1.82, 2.24) is 4.98 Å². The Labute approximate surface area is 179 Å². The molecule has 2 aromatic carbocycles. The fourth-order valence-electron chi connectivity index (χ4n) is 2.37. The standard InChI is InChI=1S/C20H16BrFN2O4S/c1-13(25)24(18-5-3-2-4-17(18)22)20-23-15(12-29-20)10-28-19(26)11-27-16-8-6-14(21)7-9-16/h2-9,12H,10-11H2,1H3. The SMILES string of the molecule is CC(=O)N(c1nc(COC(=O)COc2ccc(Br)cc2)cs1)c1ccccc1F. The zero-order valence-corrected chi connectivity index (χ0v) is 17.7. The highest BCUT2D eigenvalue weighted by Gasteiger charge is 2.21. The lowest BCUT2D eigenvalue weighted by molar-refractivity contribution is -0.147. The first kappa shape index (κ1) is 20.9. The lowest BCUT2D eigenvalue weighted by Crippen LogP contribution is -2.23. The molecule has 0 N–H and O–H groups in total. The molecule has 0 fully saturated rings. The van der Waals surface area contributed by atoms with E-state index >= 15 is 0 Å². The van der Waals surface area contributed by atoms with Gasteiger partial charge in [-0.15, -0.1) is 11.3 Å². The van der Waals surface area contributed by atoms with Gasteiger partial charge in [0.05, 0.1) is 11.4 Å². The summed E-state index contributed by atoms with van der Waals surface area (Å²) >= 11 is 4.47. The highest BCUT2D eigenvalue weighted by atomic mass is 79.9. The summed E-state index contributed by atoms with van der Waals surface area (Å²) in [5.41, 5.74) is 0.561. The number of rotatable bonds is 7. The van der Waals surface area contributed by atoms with Crippen LogP contribution in [0.1, 0.15) is 12.6 Å². The van der Waals surface area contributed by atoms with Gasteiger partial charge in [0.15, 0.2) is 11.7 Å². The summed E-state index contributed by atoms with van der Waals surface area (Å²) in [7, 11) is 0. The van der Waals surface area contributed by atoms with Gasteiger partial charge in [0, 0.05) is 16.8 Å². The number of esters is 1. The molecule has 0 spiro atoms. The van der Waals surface area contributed by atoms with E-state index in [1.165, 1.54) is 24.0 Å². The number of hydrogen-bond acceptors (Lipinski definition) is 6. The van der Waals surface area contributed by atoms with Crippen LogP contribution in [-0.2, 0) is 20.9 Å². The predicted molar refractivity (Wildman–Crippen MR) is 111 cm³/mol. The molecule has 9 heteroatoms. The third kappa shape index (κ3) is 5.61. The number of thiazole rings is 1. The van der Waals surface area contributed by atoms with Gasteiger partial charge in [-0.05, 0) is 36.4 Å². The van der Waals surface area contributed by atoms with Crippen molar-refractivity contribution in [2.45, 2.75) is 13.5 Å². The van der Waals surface area contributed by atoms with Gasteiger partial charge in [-0.1, -0.05) is 28.1 Å². The second-order valence-electron chi connectivity index (χ2n) is 5.83. The lowest BCUT2D eigenvalue weighted by Gasteiger charge is -2.18. The highest BCUT2D eigenvalue weighted by Crippen LogP contribution is 2.30. The average molecular weight is 479 g/mol. The van der Waals surface area contributed by atoms with Gasteiger partial charge in [0.2, 0.25) is 5.91 Å². The molecule has 0 bridgehead atoms. The van der Waals surface area contributed by atoms with Crippen LogP contribution < -0.4 is 9.64 Å². The van der Waals surface area contributed by atoms with Crippen molar-refractivity contribution >= 4 is 50.0 Å². The van der Waals surface area contributed by atoms with Gasteiger partial charge < -0.3 is 9.47 Å². The molecule has 1 aromatic heterocycles. The Balaban J connectivity index is 1.59. The first-order valence-corrected chi connectivity index (χ1v) is 10.1. The minimum absolute atomic E-state index is 0.0813. The van der Waals surface area contributed by atoms with E-state index in [0.29, 0.717) is 16.6 Å². The molecule has 3 aromatic rings. The zero-order chi connectivity index (χ0) is 20.8. The summed E-state index contributed by atoms with van der Waals surface area (Å²) in [5, 5.41) is 1.94. The summed E-state index contributed by atoms with van der Waals surface area (Å²) in [6.07, 6.45) is 0. The van der Waals surface area contributed by atoms with E-state index in [4.69, 9.17) is 9.47 Å². The monoisotopic (exact) mass is 478 g/mol. The number of carbonyl (C=O) groups excluding carboxylic acids is 2. The molecule has 0 aliphatic carbocycles. The van der Waals surface area contributed by atoms with Crippen molar-refractivity contribution < 1.29 is 23.5 Å². The summed E-state index contributed by atoms with van der Waals surface area (Å²) in [5.74, 6) is -0.921. The Morgan fingerprint density at radius 2 is 1.90 bits per heavy atom. The predicted octanol–water partition coefficient (Wildman–Crippen LogP) is 4.85. The molecule has 6 nitrogen and oxygen atoms in total. The van der Waals surface area contributed by atoms with E-state index in [9.17, 15) is 14.0 Å². The Hall–Kier alpha value is -2.78. The van der Waals surface area contributed by atoms with E-state index in [1.54, 1.807) is 41.8 Å². The maximum atomic E-state index is 14.1. The second-order valence-corrected chi connectivity index (χ2v) is 7.58. The topological polar surface area (TPSA) is 68.7 Å². The molecule has 0 unspecified atom stereocenters. The number of amides is 1. The number of benzene rings is 2. The first-order chi connectivity index (χ1) is 13.9. The van der Waals surface area contributed by atoms with E-state index in [0.717, 1.165) is 15.8 Å². The summed E-state index contributed by atoms with van der Waals surface area (Å²) in [4.78, 5) is 29.4. The third-order valence-electron chi connectivity index (χ3n) is 3.69. The fraction of sp³-hybridized carbons (Fsp3) is 0.150. The molecule has 0 saturated heterocycles. The number of hydrogen-bond donors (Lipinski definition) is 0. The molecule has 0 aliphatic rings. The van der Waals surface area contributed by atoms with Crippen LogP contribution in [-0.4, -0.2) is 23.5 Å². The van der Waals surface area contributed by atoms with Crippen LogP contribution in [0.2, 0.25) is 0 Å². The minimum atomic E-state index is -0.556. The number of para-hydroxylation sites is 1. The van der Waals surface area contributed by atoms with Crippen LogP contribution in [0.3, 0.4) is 0 Å². The molecular formula is C20H16BrFN2O4S. The van der Waals surface area contributed by atoms with Gasteiger partial charge in [-0.2, -0.15) is 0 Å². The Bertz CT molecular complexity index is 1010. The highest BCUT2D eigenvalue weighted by molar-refractivity contribution is 9.10. The van der Waals surface area contributed by atoms with Crippen LogP contribution in [0.5, 0.6) is 5.75 Å². The molecule has 0 saturated carbocycles. The smallest absolute Gasteiger partial charge is 0.344 e. The number of ether oxygens (including phenoxy) is 2. The average Bonchev–Trinajstić information content (AvgIpc) is 3.16. The molecule has 29 heavy (non-hydrogen) atoms. The first-order valence-electron chi connectivity index (χ1n) is 8.47. The van der Waals surface area contributed by atoms with Crippen molar-refractivity contribution in [2.75, 3.05) is 11.5 Å². The normalized spacial score (nSPS) is 10.4. The van der Waals surface area contributed by atoms with Crippen LogP contribution in [0.4, 0.5) is 15.2 Å². The number of halogens is 2. The molecule has 1 amide bonds. The van der Waals surface area contributed by atoms with Gasteiger partial charge in [-0.3, -0.25) is 9.69 Å². The number of carbonyl (C=O) groups is 2. The lowest BCUT2D eigenvalue weighted by atomic mass is 10.3. The van der Waals surface area contributed by atoms with Crippen molar-refractivity contribution in [3.8, 4) is 5.75 Å². The van der Waals surface area contributed by atoms with E-state index in [-0.39, 0.29) is 24.8 Å². The van der Waals surface area contributed by atoms with Crippen LogP contribution in [0.25, 0.3) is 0 Å². The largest absolute Gasteiger partial charge is 0.482 e. The Morgan fingerprint density at radius 3 is 2.59 bits per heavy atom. The summed E-state index contributed by atoms with van der Waals surface area (Å²) in [6, 6.07) is 13.0. The van der Waals surface area contributed by atoms with Gasteiger partial charge in [0.25, 0.3) is 0 Å². The van der Waals surface area contributed by atoms with Crippen molar-refractivity contribution in [3.05, 3.63) is 69.9 Å². The van der Waals surface area contributed by atoms with Crippen LogP contribution >= 0.6 is 27.3 Å². The zero-order valence-electron chi connectivity index (χ0n) is 15.3. The van der Waals surface area contributed by atoms with Gasteiger partial charge in [-0.25, -0.2) is 14.2 Å². The Morgan fingerprint density at radius 1 is 1.17 bits per heavy atom. The second kappa shape index (κ2) is 9.62. The molecular weight excluding hydrogens is 463 g/mol. The van der Waals surface area contributed by atoms with Crippen molar-refractivity contribution in [3.63, 3.8) is 0 Å². The van der Waals surface area contributed by atoms with Crippen molar-refractivity contribution in [1.29, 1.82) is 0 Å². The summed E-state index contributed by atoms with van der Waals surface area (Å²) < 4.78 is 25.5. The van der Waals surface area contributed by atoms with Gasteiger partial charge in [0.1, 0.15) is 18.2 Å². The number of anilines is 2. The van der Waals surface area contributed by atoms with Crippen LogP contribution in [0.15, 0.2) is 58.4 Å². The molecule has 3 rings (SSSR count). The maximum Gasteiger partial charge on any atom is 0.344 e. The van der Waals surface area contributed by atoms with Gasteiger partial charge >= 0.3 is 5.97 Å². The molecule has 0 radical (unpaired) electrons. The van der Waals surface area contributed by atoms with Crippen molar-refractivity contribution in [2.24, 2.45) is 0 Å². The number of aromatic nitrogens is 1. The third-order valence-corrected chi connectivity index (χ3v) is 5.09. The maximum absolute atomic E-state index is 14.1. The van der Waals surface area contributed by atoms with E-state index in [1.807, 2.05) is 0 Å². The molecule has 0 aliphatic heterocycles.